The predicted octanol–water partition coefficient (Wildman–Crippen LogP) is 3.26. The van der Waals surface area contributed by atoms with Crippen molar-refractivity contribution in [3.8, 4) is 0 Å². The summed E-state index contributed by atoms with van der Waals surface area (Å²) < 4.78 is 13.2. The number of halogens is 1. The number of aryl methyl sites for hydroxylation is 1. The number of aromatic nitrogens is 1. The van der Waals surface area contributed by atoms with Gasteiger partial charge in [0, 0.05) is 11.6 Å². The molecule has 2 heteroatoms. The van der Waals surface area contributed by atoms with Gasteiger partial charge in [-0.15, -0.1) is 0 Å². The van der Waals surface area contributed by atoms with Crippen molar-refractivity contribution in [2.75, 3.05) is 0 Å². The van der Waals surface area contributed by atoms with E-state index >= 15 is 0 Å². The van der Waals surface area contributed by atoms with E-state index in [1.54, 1.807) is 6.07 Å². The Hall–Kier alpha value is -1.31. The molecular formula is C11H12FN. The van der Waals surface area contributed by atoms with Crippen LogP contribution in [0.5, 0.6) is 0 Å². The maximum atomic E-state index is 13.2. The van der Waals surface area contributed by atoms with Crippen LogP contribution in [0.1, 0.15) is 18.9 Å². The molecule has 0 unspecified atom stereocenters. The molecule has 0 spiro atoms. The Balaban J connectivity index is 2.61. The molecule has 0 aliphatic heterocycles. The van der Waals surface area contributed by atoms with E-state index in [0.717, 1.165) is 18.2 Å². The van der Waals surface area contributed by atoms with Crippen molar-refractivity contribution < 1.29 is 4.39 Å². The Kier molecular flexibility index (Phi) is 2.05. The van der Waals surface area contributed by atoms with E-state index in [1.165, 1.54) is 11.6 Å². The van der Waals surface area contributed by atoms with Crippen LogP contribution in [0.4, 0.5) is 4.39 Å². The van der Waals surface area contributed by atoms with E-state index in [0.29, 0.717) is 5.52 Å². The van der Waals surface area contributed by atoms with E-state index in [1.807, 2.05) is 12.3 Å². The third-order valence-corrected chi connectivity index (χ3v) is 2.27. The van der Waals surface area contributed by atoms with Gasteiger partial charge in [0.25, 0.3) is 0 Å². The zero-order valence-electron chi connectivity index (χ0n) is 7.60. The zero-order chi connectivity index (χ0) is 9.26. The monoisotopic (exact) mass is 177 g/mol. The third kappa shape index (κ3) is 1.32. The second-order valence-electron chi connectivity index (χ2n) is 3.23. The molecule has 1 aromatic heterocycles. The normalized spacial score (nSPS) is 10.9. The topological polar surface area (TPSA) is 15.8 Å². The highest BCUT2D eigenvalue weighted by Crippen LogP contribution is 2.21. The van der Waals surface area contributed by atoms with E-state index in [4.69, 9.17) is 0 Å². The number of aromatic amines is 1. The molecule has 68 valence electrons. The van der Waals surface area contributed by atoms with Gasteiger partial charge in [-0.3, -0.25) is 0 Å². The average Bonchev–Trinajstić information content (AvgIpc) is 2.51. The summed E-state index contributed by atoms with van der Waals surface area (Å²) in [6.07, 6.45) is 3.99. The molecule has 2 aromatic rings. The lowest BCUT2D eigenvalue weighted by molar-refractivity contribution is 0.637. The molecule has 2 rings (SSSR count). The number of fused-ring (bicyclic) bond motifs is 1. The minimum atomic E-state index is -0.167. The number of hydrogen-bond donors (Lipinski definition) is 1. The number of para-hydroxylation sites is 1. The first-order chi connectivity index (χ1) is 6.33. The Morgan fingerprint density at radius 3 is 3.00 bits per heavy atom. The summed E-state index contributed by atoms with van der Waals surface area (Å²) in [6.45, 7) is 2.12. The largest absolute Gasteiger partial charge is 0.359 e. The van der Waals surface area contributed by atoms with E-state index in [9.17, 15) is 4.39 Å². The first-order valence-corrected chi connectivity index (χ1v) is 4.57. The molecule has 0 atom stereocenters. The van der Waals surface area contributed by atoms with Crippen molar-refractivity contribution in [1.29, 1.82) is 0 Å². The predicted molar refractivity (Wildman–Crippen MR) is 52.3 cm³/mol. The molecule has 1 nitrogen and oxygen atoms in total. The van der Waals surface area contributed by atoms with Crippen LogP contribution in [0.2, 0.25) is 0 Å². The summed E-state index contributed by atoms with van der Waals surface area (Å²) in [7, 11) is 0. The lowest BCUT2D eigenvalue weighted by atomic mass is 10.1. The standard InChI is InChI=1S/C11H12FN/c1-2-4-8-7-13-11-9(8)5-3-6-10(11)12/h3,5-7,13H,2,4H2,1H3. The van der Waals surface area contributed by atoms with E-state index in [-0.39, 0.29) is 5.82 Å². The fourth-order valence-electron chi connectivity index (χ4n) is 1.65. The Morgan fingerprint density at radius 1 is 1.38 bits per heavy atom. The maximum absolute atomic E-state index is 13.2. The van der Waals surface area contributed by atoms with Crippen LogP contribution in [0, 0.1) is 5.82 Å². The number of H-pyrrole nitrogens is 1. The smallest absolute Gasteiger partial charge is 0.147 e. The van der Waals surface area contributed by atoms with Gasteiger partial charge in [-0.25, -0.2) is 4.39 Å². The van der Waals surface area contributed by atoms with Crippen LogP contribution >= 0.6 is 0 Å². The number of nitrogens with one attached hydrogen (secondary N) is 1. The van der Waals surface area contributed by atoms with Crippen LogP contribution in [0.15, 0.2) is 24.4 Å². The van der Waals surface area contributed by atoms with Gasteiger partial charge in [-0.2, -0.15) is 0 Å². The summed E-state index contributed by atoms with van der Waals surface area (Å²) >= 11 is 0. The van der Waals surface area contributed by atoms with Crippen molar-refractivity contribution in [2.24, 2.45) is 0 Å². The molecule has 0 aliphatic carbocycles. The van der Waals surface area contributed by atoms with Gasteiger partial charge in [0.05, 0.1) is 5.52 Å². The Bertz CT molecular complexity index is 417. The molecular weight excluding hydrogens is 165 g/mol. The fraction of sp³-hybridized carbons (Fsp3) is 0.273. The summed E-state index contributed by atoms with van der Waals surface area (Å²) in [5, 5.41) is 1.02. The molecule has 13 heavy (non-hydrogen) atoms. The molecule has 1 aromatic carbocycles. The van der Waals surface area contributed by atoms with Crippen LogP contribution in [-0.4, -0.2) is 4.98 Å². The van der Waals surface area contributed by atoms with Gasteiger partial charge in [-0.1, -0.05) is 25.5 Å². The maximum Gasteiger partial charge on any atom is 0.147 e. The Morgan fingerprint density at radius 2 is 2.23 bits per heavy atom. The van der Waals surface area contributed by atoms with Gasteiger partial charge >= 0.3 is 0 Å². The SMILES string of the molecule is CCCc1c[nH]c2c(F)cccc12. The molecule has 0 amide bonds. The highest BCUT2D eigenvalue weighted by Gasteiger charge is 2.05. The lowest BCUT2D eigenvalue weighted by Gasteiger charge is -1.95. The molecule has 0 bridgehead atoms. The second kappa shape index (κ2) is 3.21. The van der Waals surface area contributed by atoms with Crippen molar-refractivity contribution in [3.05, 3.63) is 35.8 Å². The summed E-state index contributed by atoms with van der Waals surface area (Å²) in [5.41, 5.74) is 1.84. The molecule has 0 aliphatic rings. The summed E-state index contributed by atoms with van der Waals surface area (Å²) in [5.74, 6) is -0.167. The van der Waals surface area contributed by atoms with Crippen LogP contribution in [0.25, 0.3) is 10.9 Å². The minimum absolute atomic E-state index is 0.167. The van der Waals surface area contributed by atoms with Gasteiger partial charge in [0.15, 0.2) is 0 Å². The van der Waals surface area contributed by atoms with Gasteiger partial charge in [0.2, 0.25) is 0 Å². The number of benzene rings is 1. The molecule has 0 saturated carbocycles. The highest BCUT2D eigenvalue weighted by atomic mass is 19.1. The number of rotatable bonds is 2. The first-order valence-electron chi connectivity index (χ1n) is 4.57. The zero-order valence-corrected chi connectivity index (χ0v) is 7.60. The van der Waals surface area contributed by atoms with Crippen LogP contribution < -0.4 is 0 Å². The second-order valence-corrected chi connectivity index (χ2v) is 3.23. The molecule has 0 saturated heterocycles. The summed E-state index contributed by atoms with van der Waals surface area (Å²) in [6, 6.07) is 5.19. The van der Waals surface area contributed by atoms with E-state index < -0.39 is 0 Å². The van der Waals surface area contributed by atoms with Crippen LogP contribution in [0.3, 0.4) is 0 Å². The van der Waals surface area contributed by atoms with Crippen LogP contribution in [-0.2, 0) is 6.42 Å². The quantitative estimate of drug-likeness (QED) is 0.724. The van der Waals surface area contributed by atoms with Crippen molar-refractivity contribution in [1.82, 2.24) is 4.98 Å². The highest BCUT2D eigenvalue weighted by molar-refractivity contribution is 5.83. The molecule has 1 N–H and O–H groups in total. The van der Waals surface area contributed by atoms with Gasteiger partial charge in [-0.05, 0) is 18.1 Å². The van der Waals surface area contributed by atoms with E-state index in [2.05, 4.69) is 11.9 Å². The van der Waals surface area contributed by atoms with Crippen molar-refractivity contribution >= 4 is 10.9 Å². The first kappa shape index (κ1) is 8.30. The molecule has 1 heterocycles. The fourth-order valence-corrected chi connectivity index (χ4v) is 1.65. The lowest BCUT2D eigenvalue weighted by Crippen LogP contribution is -1.80. The summed E-state index contributed by atoms with van der Waals surface area (Å²) in [4.78, 5) is 2.97. The minimum Gasteiger partial charge on any atom is -0.359 e. The van der Waals surface area contributed by atoms with Gasteiger partial charge in [0.1, 0.15) is 5.82 Å². The number of hydrogen-bond acceptors (Lipinski definition) is 0. The van der Waals surface area contributed by atoms with Crippen molar-refractivity contribution in [2.45, 2.75) is 19.8 Å². The van der Waals surface area contributed by atoms with Gasteiger partial charge < -0.3 is 4.98 Å². The molecule has 0 radical (unpaired) electrons. The Labute approximate surface area is 76.6 Å². The average molecular weight is 177 g/mol. The third-order valence-electron chi connectivity index (χ3n) is 2.27. The van der Waals surface area contributed by atoms with Crippen molar-refractivity contribution in [3.63, 3.8) is 0 Å². The molecule has 0 fully saturated rings.